The monoisotopic (exact) mass is 176 g/mol. The Labute approximate surface area is 75.6 Å². The van der Waals surface area contributed by atoms with Crippen molar-refractivity contribution in [3.8, 4) is 5.69 Å². The fourth-order valence-corrected chi connectivity index (χ4v) is 1.15. The standard InChI is InChI=1S/C10H9FN2/c1-8-6-12-13(7-8)10-4-2-9(11)3-5-10/h2-7H,1H3. The average Bonchev–Trinajstić information content (AvgIpc) is 2.53. The first-order valence-corrected chi connectivity index (χ1v) is 4.03. The molecule has 13 heavy (non-hydrogen) atoms. The molecule has 0 bridgehead atoms. The van der Waals surface area contributed by atoms with E-state index in [0.717, 1.165) is 11.3 Å². The molecule has 66 valence electrons. The van der Waals surface area contributed by atoms with Crippen LogP contribution in [0.2, 0.25) is 0 Å². The zero-order chi connectivity index (χ0) is 9.26. The van der Waals surface area contributed by atoms with Gasteiger partial charge in [-0.05, 0) is 36.8 Å². The normalized spacial score (nSPS) is 10.3. The van der Waals surface area contributed by atoms with Gasteiger partial charge in [0.05, 0.1) is 11.9 Å². The Hall–Kier alpha value is -1.64. The van der Waals surface area contributed by atoms with E-state index < -0.39 is 0 Å². The van der Waals surface area contributed by atoms with Crippen LogP contribution >= 0.6 is 0 Å². The van der Waals surface area contributed by atoms with Crippen LogP contribution in [-0.2, 0) is 0 Å². The molecule has 0 saturated heterocycles. The van der Waals surface area contributed by atoms with Gasteiger partial charge in [-0.2, -0.15) is 5.10 Å². The fraction of sp³-hybridized carbons (Fsp3) is 0.100. The van der Waals surface area contributed by atoms with E-state index in [2.05, 4.69) is 5.10 Å². The van der Waals surface area contributed by atoms with Gasteiger partial charge in [-0.3, -0.25) is 0 Å². The van der Waals surface area contributed by atoms with Crippen molar-refractivity contribution in [1.82, 2.24) is 9.78 Å². The molecule has 0 saturated carbocycles. The largest absolute Gasteiger partial charge is 0.241 e. The minimum Gasteiger partial charge on any atom is -0.241 e. The van der Waals surface area contributed by atoms with E-state index >= 15 is 0 Å². The van der Waals surface area contributed by atoms with Gasteiger partial charge in [0, 0.05) is 6.20 Å². The van der Waals surface area contributed by atoms with Crippen LogP contribution in [0.15, 0.2) is 36.7 Å². The number of hydrogen-bond donors (Lipinski definition) is 0. The first-order chi connectivity index (χ1) is 6.25. The third-order valence-electron chi connectivity index (χ3n) is 1.80. The summed E-state index contributed by atoms with van der Waals surface area (Å²) in [6.45, 7) is 1.97. The van der Waals surface area contributed by atoms with Gasteiger partial charge in [0.1, 0.15) is 5.82 Å². The van der Waals surface area contributed by atoms with Crippen molar-refractivity contribution in [1.29, 1.82) is 0 Å². The first-order valence-electron chi connectivity index (χ1n) is 4.03. The van der Waals surface area contributed by atoms with Crippen LogP contribution < -0.4 is 0 Å². The summed E-state index contributed by atoms with van der Waals surface area (Å²) in [6.07, 6.45) is 3.66. The smallest absolute Gasteiger partial charge is 0.123 e. The molecule has 1 heterocycles. The summed E-state index contributed by atoms with van der Waals surface area (Å²) in [6, 6.07) is 6.24. The first kappa shape index (κ1) is 7.98. The summed E-state index contributed by atoms with van der Waals surface area (Å²) in [5.41, 5.74) is 1.96. The molecule has 0 N–H and O–H groups in total. The van der Waals surface area contributed by atoms with Gasteiger partial charge in [-0.15, -0.1) is 0 Å². The summed E-state index contributed by atoms with van der Waals surface area (Å²) in [5, 5.41) is 4.11. The number of hydrogen-bond acceptors (Lipinski definition) is 1. The van der Waals surface area contributed by atoms with Gasteiger partial charge in [-0.1, -0.05) is 0 Å². The van der Waals surface area contributed by atoms with E-state index in [9.17, 15) is 4.39 Å². The maximum Gasteiger partial charge on any atom is 0.123 e. The molecule has 0 radical (unpaired) electrons. The van der Waals surface area contributed by atoms with Crippen LogP contribution in [0, 0.1) is 12.7 Å². The molecular weight excluding hydrogens is 167 g/mol. The predicted octanol–water partition coefficient (Wildman–Crippen LogP) is 2.32. The second-order valence-corrected chi connectivity index (χ2v) is 2.94. The molecule has 0 amide bonds. The zero-order valence-corrected chi connectivity index (χ0v) is 7.24. The summed E-state index contributed by atoms with van der Waals surface area (Å²) < 4.78 is 14.3. The topological polar surface area (TPSA) is 17.8 Å². The van der Waals surface area contributed by atoms with Crippen molar-refractivity contribution in [2.75, 3.05) is 0 Å². The predicted molar refractivity (Wildman–Crippen MR) is 48.3 cm³/mol. The summed E-state index contributed by atoms with van der Waals surface area (Å²) >= 11 is 0. The molecule has 0 unspecified atom stereocenters. The highest BCUT2D eigenvalue weighted by atomic mass is 19.1. The molecule has 0 aliphatic rings. The van der Waals surface area contributed by atoms with Gasteiger partial charge < -0.3 is 0 Å². The Bertz CT molecular complexity index is 403. The number of aryl methyl sites for hydroxylation is 1. The van der Waals surface area contributed by atoms with Crippen molar-refractivity contribution in [2.24, 2.45) is 0 Å². The second kappa shape index (κ2) is 3.01. The van der Waals surface area contributed by atoms with Gasteiger partial charge in [0.15, 0.2) is 0 Å². The van der Waals surface area contributed by atoms with Crippen LogP contribution in [0.3, 0.4) is 0 Å². The molecule has 2 nitrogen and oxygen atoms in total. The lowest BCUT2D eigenvalue weighted by molar-refractivity contribution is 0.627. The molecule has 2 aromatic rings. The Kier molecular flexibility index (Phi) is 1.85. The van der Waals surface area contributed by atoms with Crippen LogP contribution in [0.4, 0.5) is 4.39 Å². The number of halogens is 1. The van der Waals surface area contributed by atoms with E-state index in [1.807, 2.05) is 13.1 Å². The van der Waals surface area contributed by atoms with E-state index in [1.54, 1.807) is 23.0 Å². The number of nitrogens with zero attached hydrogens (tertiary/aromatic N) is 2. The van der Waals surface area contributed by atoms with Gasteiger partial charge in [-0.25, -0.2) is 9.07 Å². The van der Waals surface area contributed by atoms with Crippen molar-refractivity contribution >= 4 is 0 Å². The highest BCUT2D eigenvalue weighted by Gasteiger charge is 1.97. The quantitative estimate of drug-likeness (QED) is 0.652. The molecular formula is C10H9FN2. The number of rotatable bonds is 1. The van der Waals surface area contributed by atoms with Crippen LogP contribution in [0.25, 0.3) is 5.69 Å². The molecule has 1 aromatic carbocycles. The number of aromatic nitrogens is 2. The van der Waals surface area contributed by atoms with Crippen molar-refractivity contribution in [2.45, 2.75) is 6.92 Å². The lowest BCUT2D eigenvalue weighted by atomic mass is 10.3. The Morgan fingerprint density at radius 1 is 1.23 bits per heavy atom. The maximum absolute atomic E-state index is 12.6. The summed E-state index contributed by atoms with van der Waals surface area (Å²) in [7, 11) is 0. The summed E-state index contributed by atoms with van der Waals surface area (Å²) in [5.74, 6) is -0.229. The second-order valence-electron chi connectivity index (χ2n) is 2.94. The Morgan fingerprint density at radius 2 is 1.92 bits per heavy atom. The molecule has 0 fully saturated rings. The molecule has 2 rings (SSSR count). The highest BCUT2D eigenvalue weighted by Crippen LogP contribution is 2.08. The maximum atomic E-state index is 12.6. The van der Waals surface area contributed by atoms with E-state index in [1.165, 1.54) is 12.1 Å². The third kappa shape index (κ3) is 1.59. The van der Waals surface area contributed by atoms with Gasteiger partial charge in [0.25, 0.3) is 0 Å². The van der Waals surface area contributed by atoms with Gasteiger partial charge >= 0.3 is 0 Å². The van der Waals surface area contributed by atoms with E-state index in [0.29, 0.717) is 0 Å². The number of benzene rings is 1. The summed E-state index contributed by atoms with van der Waals surface area (Å²) in [4.78, 5) is 0. The Balaban J connectivity index is 2.41. The fourth-order valence-electron chi connectivity index (χ4n) is 1.15. The van der Waals surface area contributed by atoms with Gasteiger partial charge in [0.2, 0.25) is 0 Å². The van der Waals surface area contributed by atoms with Crippen LogP contribution in [0.5, 0.6) is 0 Å². The lowest BCUT2D eigenvalue weighted by Gasteiger charge is -1.99. The zero-order valence-electron chi connectivity index (χ0n) is 7.24. The Morgan fingerprint density at radius 3 is 2.46 bits per heavy atom. The van der Waals surface area contributed by atoms with E-state index in [4.69, 9.17) is 0 Å². The molecule has 0 atom stereocenters. The van der Waals surface area contributed by atoms with Crippen LogP contribution in [0.1, 0.15) is 5.56 Å². The average molecular weight is 176 g/mol. The minimum atomic E-state index is -0.229. The van der Waals surface area contributed by atoms with E-state index in [-0.39, 0.29) is 5.82 Å². The lowest BCUT2D eigenvalue weighted by Crippen LogP contribution is -1.93. The SMILES string of the molecule is Cc1cnn(-c2ccc(F)cc2)c1. The molecule has 0 aliphatic carbocycles. The molecule has 1 aromatic heterocycles. The van der Waals surface area contributed by atoms with Crippen molar-refractivity contribution < 1.29 is 4.39 Å². The highest BCUT2D eigenvalue weighted by molar-refractivity contribution is 5.31. The van der Waals surface area contributed by atoms with Crippen molar-refractivity contribution in [3.05, 3.63) is 48.0 Å². The minimum absolute atomic E-state index is 0.229. The third-order valence-corrected chi connectivity index (χ3v) is 1.80. The van der Waals surface area contributed by atoms with Crippen molar-refractivity contribution in [3.63, 3.8) is 0 Å². The van der Waals surface area contributed by atoms with Crippen LogP contribution in [-0.4, -0.2) is 9.78 Å². The molecule has 0 aliphatic heterocycles. The molecule has 0 spiro atoms. The molecule has 3 heteroatoms.